The molecule has 1 aromatic carbocycles. The van der Waals surface area contributed by atoms with E-state index in [1.807, 2.05) is 19.1 Å². The van der Waals surface area contributed by atoms with Crippen LogP contribution in [0, 0.1) is 6.92 Å². The molecule has 0 radical (unpaired) electrons. The van der Waals surface area contributed by atoms with Crippen molar-refractivity contribution in [3.8, 4) is 0 Å². The Morgan fingerprint density at radius 1 is 1.28 bits per heavy atom. The normalized spacial score (nSPS) is 11.8. The van der Waals surface area contributed by atoms with Crippen molar-refractivity contribution in [2.75, 3.05) is 12.0 Å². The fraction of sp³-hybridized carbons (Fsp3) is 0.176. The van der Waals surface area contributed by atoms with Gasteiger partial charge in [0.15, 0.2) is 0 Å². The van der Waals surface area contributed by atoms with E-state index in [-0.39, 0.29) is 12.5 Å². The molecule has 2 aromatic heterocycles. The number of nitrogens with one attached hydrogen (secondary N) is 1. The summed E-state index contributed by atoms with van der Waals surface area (Å²) in [4.78, 5) is 17.1. The van der Waals surface area contributed by atoms with Crippen LogP contribution in [-0.4, -0.2) is 30.1 Å². The molecule has 0 aliphatic carbocycles. The highest BCUT2D eigenvalue weighted by Gasteiger charge is 2.16. The molecule has 0 atom stereocenters. The summed E-state index contributed by atoms with van der Waals surface area (Å²) in [6.07, 6.45) is 2.56. The number of nitrogens with zero attached hydrogens (tertiary/aromatic N) is 2. The molecule has 0 unspecified atom stereocenters. The average Bonchev–Trinajstić information content (AvgIpc) is 2.89. The van der Waals surface area contributed by atoms with Crippen molar-refractivity contribution in [2.45, 2.75) is 13.5 Å². The van der Waals surface area contributed by atoms with Crippen LogP contribution in [0.4, 0.5) is 5.69 Å². The maximum Gasteiger partial charge on any atom is 0.262 e. The molecule has 0 aliphatic rings. The van der Waals surface area contributed by atoms with Crippen LogP contribution in [0.5, 0.6) is 0 Å². The third-order valence-electron chi connectivity index (χ3n) is 3.85. The Labute approximate surface area is 145 Å². The molecular weight excluding hydrogens is 340 g/mol. The molecule has 0 fully saturated rings. The van der Waals surface area contributed by atoms with Crippen molar-refractivity contribution in [1.82, 2.24) is 14.3 Å². The number of nitrogens with two attached hydrogens (primary N) is 1. The number of aromatic nitrogens is 2. The third kappa shape index (κ3) is 3.54. The van der Waals surface area contributed by atoms with Crippen LogP contribution in [0.25, 0.3) is 10.9 Å². The van der Waals surface area contributed by atoms with E-state index in [2.05, 4.69) is 9.71 Å². The number of pyridine rings is 1. The lowest BCUT2D eigenvalue weighted by molar-refractivity contribution is 0.0963. The lowest BCUT2D eigenvalue weighted by Gasteiger charge is -2.09. The van der Waals surface area contributed by atoms with Crippen LogP contribution in [0.15, 0.2) is 42.6 Å². The van der Waals surface area contributed by atoms with Gasteiger partial charge in [-0.3, -0.25) is 14.3 Å². The highest BCUT2D eigenvalue weighted by molar-refractivity contribution is 7.88. The van der Waals surface area contributed by atoms with Crippen LogP contribution in [0.1, 0.15) is 21.7 Å². The van der Waals surface area contributed by atoms with Gasteiger partial charge in [-0.2, -0.15) is 0 Å². The van der Waals surface area contributed by atoms with Gasteiger partial charge < -0.3 is 5.73 Å². The topological polar surface area (TPSA) is 107 Å². The van der Waals surface area contributed by atoms with Crippen molar-refractivity contribution < 1.29 is 13.2 Å². The molecule has 0 aliphatic heterocycles. The van der Waals surface area contributed by atoms with Crippen molar-refractivity contribution in [3.63, 3.8) is 0 Å². The van der Waals surface area contributed by atoms with Gasteiger partial charge in [-0.25, -0.2) is 13.1 Å². The Balaban J connectivity index is 1.99. The standard InChI is InChI=1S/C17H18N4O3S/c1-11-8-14-15(18)4-3-5-16(14)21(11)17(22)12-6-7-19-13(9-12)10-20-25(2,23)24/h3-9,20H,10,18H2,1-2H3. The summed E-state index contributed by atoms with van der Waals surface area (Å²) in [5, 5.41) is 0.821. The van der Waals surface area contributed by atoms with Crippen LogP contribution >= 0.6 is 0 Å². The van der Waals surface area contributed by atoms with Gasteiger partial charge in [0.25, 0.3) is 5.91 Å². The van der Waals surface area contributed by atoms with E-state index in [1.54, 1.807) is 28.8 Å². The highest BCUT2D eigenvalue weighted by Crippen LogP contribution is 2.25. The van der Waals surface area contributed by atoms with Crippen LogP contribution < -0.4 is 10.5 Å². The molecule has 0 saturated heterocycles. The van der Waals surface area contributed by atoms with Crippen molar-refractivity contribution >= 4 is 32.5 Å². The van der Waals surface area contributed by atoms with Crippen molar-refractivity contribution in [1.29, 1.82) is 0 Å². The molecule has 7 nitrogen and oxygen atoms in total. The van der Waals surface area contributed by atoms with Crippen molar-refractivity contribution in [3.05, 3.63) is 59.5 Å². The van der Waals surface area contributed by atoms with Gasteiger partial charge >= 0.3 is 0 Å². The number of carbonyl (C=O) groups excluding carboxylic acids is 1. The van der Waals surface area contributed by atoms with Crippen molar-refractivity contribution in [2.24, 2.45) is 0 Å². The largest absolute Gasteiger partial charge is 0.398 e. The molecule has 0 bridgehead atoms. The smallest absolute Gasteiger partial charge is 0.262 e. The molecule has 3 rings (SSSR count). The number of rotatable bonds is 4. The first kappa shape index (κ1) is 17.1. The zero-order valence-electron chi connectivity index (χ0n) is 13.9. The minimum atomic E-state index is -3.33. The molecular formula is C17H18N4O3S. The molecule has 0 amide bonds. The lowest BCUT2D eigenvalue weighted by atomic mass is 10.2. The Hall–Kier alpha value is -2.71. The number of nitrogen functional groups attached to an aromatic ring is 1. The molecule has 3 N–H and O–H groups in total. The molecule has 3 aromatic rings. The monoisotopic (exact) mass is 358 g/mol. The number of benzene rings is 1. The summed E-state index contributed by atoms with van der Waals surface area (Å²) < 4.78 is 26.4. The summed E-state index contributed by atoms with van der Waals surface area (Å²) in [6.45, 7) is 1.86. The fourth-order valence-electron chi connectivity index (χ4n) is 2.70. The quantitative estimate of drug-likeness (QED) is 0.690. The maximum atomic E-state index is 13.0. The van der Waals surface area contributed by atoms with E-state index in [1.165, 1.54) is 6.20 Å². The van der Waals surface area contributed by atoms with E-state index in [0.29, 0.717) is 16.9 Å². The number of aryl methyl sites for hydroxylation is 1. The molecule has 0 saturated carbocycles. The average molecular weight is 358 g/mol. The summed E-state index contributed by atoms with van der Waals surface area (Å²) in [5.41, 5.74) is 8.98. The predicted molar refractivity (Wildman–Crippen MR) is 96.7 cm³/mol. The third-order valence-corrected chi connectivity index (χ3v) is 4.51. The van der Waals surface area contributed by atoms with E-state index in [0.717, 1.165) is 22.9 Å². The number of hydrogen-bond donors (Lipinski definition) is 2. The number of carbonyl (C=O) groups is 1. The van der Waals surface area contributed by atoms with E-state index < -0.39 is 10.0 Å². The minimum absolute atomic E-state index is 0.0261. The summed E-state index contributed by atoms with van der Waals surface area (Å²) in [6, 6.07) is 10.5. The second-order valence-electron chi connectivity index (χ2n) is 5.84. The Kier molecular flexibility index (Phi) is 4.32. The van der Waals surface area contributed by atoms with Gasteiger partial charge in [0.05, 0.1) is 24.0 Å². The van der Waals surface area contributed by atoms with E-state index in [4.69, 9.17) is 5.73 Å². The van der Waals surface area contributed by atoms with E-state index >= 15 is 0 Å². The Morgan fingerprint density at radius 3 is 2.76 bits per heavy atom. The Bertz CT molecular complexity index is 1070. The number of fused-ring (bicyclic) bond motifs is 1. The second kappa shape index (κ2) is 6.30. The zero-order chi connectivity index (χ0) is 18.2. The van der Waals surface area contributed by atoms with Gasteiger partial charge in [0.2, 0.25) is 10.0 Å². The fourth-order valence-corrected chi connectivity index (χ4v) is 3.11. The van der Waals surface area contributed by atoms with Gasteiger partial charge in [0.1, 0.15) is 0 Å². The molecule has 130 valence electrons. The van der Waals surface area contributed by atoms with Crippen LogP contribution in [0.2, 0.25) is 0 Å². The number of sulfonamides is 1. The van der Waals surface area contributed by atoms with Gasteiger partial charge in [-0.1, -0.05) is 6.07 Å². The summed E-state index contributed by atoms with van der Waals surface area (Å²) >= 11 is 0. The highest BCUT2D eigenvalue weighted by atomic mass is 32.2. The van der Waals surface area contributed by atoms with Gasteiger partial charge in [-0.05, 0) is 37.3 Å². The molecule has 2 heterocycles. The summed E-state index contributed by atoms with van der Waals surface area (Å²) in [7, 11) is -3.33. The number of hydrogen-bond acceptors (Lipinski definition) is 5. The predicted octanol–water partition coefficient (Wildman–Crippen LogP) is 1.66. The number of anilines is 1. The molecule has 25 heavy (non-hydrogen) atoms. The zero-order valence-corrected chi connectivity index (χ0v) is 14.7. The Morgan fingerprint density at radius 2 is 2.04 bits per heavy atom. The SMILES string of the molecule is Cc1cc2c(N)cccc2n1C(=O)c1ccnc(CNS(C)(=O)=O)c1. The first-order valence-electron chi connectivity index (χ1n) is 7.57. The van der Waals surface area contributed by atoms with Crippen LogP contribution in [-0.2, 0) is 16.6 Å². The first-order chi connectivity index (χ1) is 11.8. The maximum absolute atomic E-state index is 13.0. The van der Waals surface area contributed by atoms with E-state index in [9.17, 15) is 13.2 Å². The van der Waals surface area contributed by atoms with Gasteiger partial charge in [-0.15, -0.1) is 0 Å². The lowest BCUT2D eigenvalue weighted by Crippen LogP contribution is -2.22. The second-order valence-corrected chi connectivity index (χ2v) is 7.67. The summed E-state index contributed by atoms with van der Waals surface area (Å²) in [5.74, 6) is -0.221. The first-order valence-corrected chi connectivity index (χ1v) is 9.46. The molecule has 0 spiro atoms. The minimum Gasteiger partial charge on any atom is -0.398 e. The van der Waals surface area contributed by atoms with Crippen LogP contribution in [0.3, 0.4) is 0 Å². The van der Waals surface area contributed by atoms with Gasteiger partial charge in [0, 0.05) is 28.5 Å². The molecule has 8 heteroatoms.